The van der Waals surface area contributed by atoms with Crippen molar-refractivity contribution in [3.63, 3.8) is 0 Å². The normalized spacial score (nSPS) is 12.1. The Kier molecular flexibility index (Phi) is 4.33. The zero-order valence-electron chi connectivity index (χ0n) is 11.6. The van der Waals surface area contributed by atoms with Crippen LogP contribution >= 0.6 is 0 Å². The molecule has 19 heavy (non-hydrogen) atoms. The number of rotatable bonds is 4. The van der Waals surface area contributed by atoms with Crippen molar-refractivity contribution in [2.75, 3.05) is 13.6 Å². The molecule has 2 aromatic heterocycles. The van der Waals surface area contributed by atoms with Crippen LogP contribution < -0.4 is 10.6 Å². The number of nitrogens with one attached hydrogen (secondary N) is 2. The van der Waals surface area contributed by atoms with Crippen LogP contribution in [0.3, 0.4) is 0 Å². The quantitative estimate of drug-likeness (QED) is 0.631. The Balaban J connectivity index is 1.92. The second kappa shape index (κ2) is 6.17. The summed E-state index contributed by atoms with van der Waals surface area (Å²) in [5, 5.41) is 14.8. The minimum Gasteiger partial charge on any atom is -0.356 e. The van der Waals surface area contributed by atoms with Gasteiger partial charge in [0.05, 0.1) is 0 Å². The fourth-order valence-corrected chi connectivity index (χ4v) is 1.82. The lowest BCUT2D eigenvalue weighted by atomic mass is 10.4. The van der Waals surface area contributed by atoms with Crippen molar-refractivity contribution in [1.29, 1.82) is 0 Å². The van der Waals surface area contributed by atoms with Gasteiger partial charge in [-0.25, -0.2) is 0 Å². The molecule has 2 aromatic rings. The average Bonchev–Trinajstić information content (AvgIpc) is 2.81. The topological polar surface area (TPSA) is 66.6 Å². The molecule has 2 N–H and O–H groups in total. The van der Waals surface area contributed by atoms with E-state index in [2.05, 4.69) is 39.7 Å². The summed E-state index contributed by atoms with van der Waals surface area (Å²) in [6.07, 6.45) is 2.77. The minimum atomic E-state index is 0.361. The maximum atomic E-state index is 4.19. The van der Waals surface area contributed by atoms with Crippen molar-refractivity contribution in [2.45, 2.75) is 26.3 Å². The predicted octanol–water partition coefficient (Wildman–Crippen LogP) is 0.845. The summed E-state index contributed by atoms with van der Waals surface area (Å²) in [5.41, 5.74) is 0.877. The second-order valence-corrected chi connectivity index (χ2v) is 4.59. The summed E-state index contributed by atoms with van der Waals surface area (Å²) in [4.78, 5) is 4.16. The van der Waals surface area contributed by atoms with Crippen LogP contribution in [0, 0.1) is 0 Å². The van der Waals surface area contributed by atoms with Crippen molar-refractivity contribution in [3.8, 4) is 0 Å². The molecular weight excluding hydrogens is 240 g/mol. The van der Waals surface area contributed by atoms with E-state index in [9.17, 15) is 0 Å². The molecule has 0 radical (unpaired) electrons. The molecule has 0 amide bonds. The van der Waals surface area contributed by atoms with Gasteiger partial charge < -0.3 is 10.6 Å². The molecule has 0 saturated carbocycles. The lowest BCUT2D eigenvalue weighted by molar-refractivity contribution is 0.692. The molecule has 102 valence electrons. The molecule has 0 aliphatic carbocycles. The van der Waals surface area contributed by atoms with Gasteiger partial charge in [-0.1, -0.05) is 6.07 Å². The van der Waals surface area contributed by atoms with Crippen LogP contribution in [0.25, 0.3) is 5.65 Å². The first kappa shape index (κ1) is 13.3. The summed E-state index contributed by atoms with van der Waals surface area (Å²) in [6.45, 7) is 4.93. The molecule has 0 spiro atoms. The van der Waals surface area contributed by atoms with Gasteiger partial charge in [0.15, 0.2) is 11.6 Å². The van der Waals surface area contributed by atoms with E-state index in [1.165, 1.54) is 0 Å². The lowest BCUT2D eigenvalue weighted by Crippen LogP contribution is -2.41. The van der Waals surface area contributed by atoms with E-state index in [0.29, 0.717) is 6.04 Å². The fourth-order valence-electron chi connectivity index (χ4n) is 1.82. The summed E-state index contributed by atoms with van der Waals surface area (Å²) in [7, 11) is 1.77. The molecular formula is C13H20N6. The number of aliphatic imine (C=N–C) groups is 1. The van der Waals surface area contributed by atoms with Gasteiger partial charge in [-0.3, -0.25) is 9.39 Å². The van der Waals surface area contributed by atoms with E-state index in [-0.39, 0.29) is 0 Å². The monoisotopic (exact) mass is 260 g/mol. The highest BCUT2D eigenvalue weighted by Gasteiger charge is 2.05. The zero-order chi connectivity index (χ0) is 13.7. The number of hydrogen-bond donors (Lipinski definition) is 2. The maximum Gasteiger partial charge on any atom is 0.191 e. The van der Waals surface area contributed by atoms with Crippen LogP contribution in [0.1, 0.15) is 19.7 Å². The lowest BCUT2D eigenvalue weighted by Gasteiger charge is -2.13. The van der Waals surface area contributed by atoms with Crippen LogP contribution in [0.4, 0.5) is 0 Å². The molecule has 0 unspecified atom stereocenters. The van der Waals surface area contributed by atoms with Crippen LogP contribution in [0.2, 0.25) is 0 Å². The molecule has 0 atom stereocenters. The summed E-state index contributed by atoms with van der Waals surface area (Å²) in [5.74, 6) is 1.76. The third kappa shape index (κ3) is 3.43. The Morgan fingerprint density at radius 1 is 1.37 bits per heavy atom. The SMILES string of the molecule is CN=C(NCCc1nnc2ccccn12)NC(C)C. The number of guanidine groups is 1. The zero-order valence-corrected chi connectivity index (χ0v) is 11.6. The van der Waals surface area contributed by atoms with Crippen LogP contribution in [0.5, 0.6) is 0 Å². The van der Waals surface area contributed by atoms with Gasteiger partial charge in [0.25, 0.3) is 0 Å². The van der Waals surface area contributed by atoms with Gasteiger partial charge in [-0.2, -0.15) is 0 Å². The van der Waals surface area contributed by atoms with E-state index in [4.69, 9.17) is 0 Å². The predicted molar refractivity (Wildman–Crippen MR) is 76.3 cm³/mol. The van der Waals surface area contributed by atoms with Crippen molar-refractivity contribution < 1.29 is 0 Å². The highest BCUT2D eigenvalue weighted by atomic mass is 15.2. The maximum absolute atomic E-state index is 4.19. The molecule has 6 nitrogen and oxygen atoms in total. The van der Waals surface area contributed by atoms with E-state index in [0.717, 1.165) is 30.4 Å². The van der Waals surface area contributed by atoms with Gasteiger partial charge in [-0.05, 0) is 26.0 Å². The van der Waals surface area contributed by atoms with E-state index in [1.807, 2.05) is 28.8 Å². The van der Waals surface area contributed by atoms with Gasteiger partial charge in [0, 0.05) is 32.3 Å². The largest absolute Gasteiger partial charge is 0.356 e. The molecule has 0 fully saturated rings. The smallest absolute Gasteiger partial charge is 0.191 e. The number of hydrogen-bond acceptors (Lipinski definition) is 3. The molecule has 2 heterocycles. The molecule has 0 aliphatic heterocycles. The Hall–Kier alpha value is -2.11. The van der Waals surface area contributed by atoms with E-state index >= 15 is 0 Å². The highest BCUT2D eigenvalue weighted by molar-refractivity contribution is 5.79. The van der Waals surface area contributed by atoms with Crippen LogP contribution in [-0.4, -0.2) is 40.2 Å². The first-order valence-corrected chi connectivity index (χ1v) is 6.46. The number of fused-ring (bicyclic) bond motifs is 1. The Labute approximate surface area is 113 Å². The summed E-state index contributed by atoms with van der Waals surface area (Å²) in [6, 6.07) is 6.25. The number of aromatic nitrogens is 3. The third-order valence-corrected chi connectivity index (χ3v) is 2.67. The fraction of sp³-hybridized carbons (Fsp3) is 0.462. The highest BCUT2D eigenvalue weighted by Crippen LogP contribution is 2.02. The van der Waals surface area contributed by atoms with Gasteiger partial charge in [-0.15, -0.1) is 10.2 Å². The first-order chi connectivity index (χ1) is 9.20. The van der Waals surface area contributed by atoms with E-state index in [1.54, 1.807) is 7.05 Å². The van der Waals surface area contributed by atoms with Crippen molar-refractivity contribution in [2.24, 2.45) is 4.99 Å². The standard InChI is InChI=1S/C13H20N6/c1-10(2)16-13(14-3)15-8-7-12-18-17-11-6-4-5-9-19(11)12/h4-6,9-10H,7-8H2,1-3H3,(H2,14,15,16). The molecule has 0 saturated heterocycles. The number of pyridine rings is 1. The average molecular weight is 260 g/mol. The van der Waals surface area contributed by atoms with Crippen molar-refractivity contribution in [1.82, 2.24) is 25.2 Å². The summed E-state index contributed by atoms with van der Waals surface area (Å²) >= 11 is 0. The van der Waals surface area contributed by atoms with Crippen LogP contribution in [0.15, 0.2) is 29.4 Å². The molecule has 6 heteroatoms. The second-order valence-electron chi connectivity index (χ2n) is 4.59. The van der Waals surface area contributed by atoms with Gasteiger partial charge in [0.1, 0.15) is 5.82 Å². The van der Waals surface area contributed by atoms with Gasteiger partial charge >= 0.3 is 0 Å². The molecule has 0 aromatic carbocycles. The van der Waals surface area contributed by atoms with Crippen LogP contribution in [-0.2, 0) is 6.42 Å². The molecule has 0 bridgehead atoms. The number of nitrogens with zero attached hydrogens (tertiary/aromatic N) is 4. The molecule has 2 rings (SSSR count). The van der Waals surface area contributed by atoms with Gasteiger partial charge in [0.2, 0.25) is 0 Å². The Morgan fingerprint density at radius 2 is 2.21 bits per heavy atom. The van der Waals surface area contributed by atoms with E-state index < -0.39 is 0 Å². The third-order valence-electron chi connectivity index (χ3n) is 2.67. The summed E-state index contributed by atoms with van der Waals surface area (Å²) < 4.78 is 2.00. The van der Waals surface area contributed by atoms with Crippen molar-refractivity contribution >= 4 is 11.6 Å². The Bertz CT molecular complexity index is 557. The Morgan fingerprint density at radius 3 is 2.95 bits per heavy atom. The molecule has 0 aliphatic rings. The first-order valence-electron chi connectivity index (χ1n) is 6.46. The minimum absolute atomic E-state index is 0.361. The van der Waals surface area contributed by atoms with Crippen molar-refractivity contribution in [3.05, 3.63) is 30.2 Å².